The first-order chi connectivity index (χ1) is 18.4. The topological polar surface area (TPSA) is 278 Å². The highest BCUT2D eigenvalue weighted by molar-refractivity contribution is 5.93. The largest absolute Gasteiger partial charge is 0.508 e. The molecule has 1 aromatic carbocycles. The molecular weight excluding hydrogens is 522 g/mol. The highest BCUT2D eigenvalue weighted by Crippen LogP contribution is 2.11. The smallest absolute Gasteiger partial charge is 0.328 e. The van der Waals surface area contributed by atoms with Gasteiger partial charge in [-0.25, -0.2) is 4.79 Å². The lowest BCUT2D eigenvalue weighted by Gasteiger charge is -2.19. The van der Waals surface area contributed by atoms with Crippen LogP contribution in [0.5, 0.6) is 5.75 Å². The first-order valence-corrected chi connectivity index (χ1v) is 11.4. The molecule has 39 heavy (non-hydrogen) atoms. The minimum atomic E-state index is -1.55. The van der Waals surface area contributed by atoms with Gasteiger partial charge in [-0.3, -0.25) is 28.8 Å². The standard InChI is InChI=1S/C22H31N7O10/c23-6-16(32)24-7-17(33)25-9-19(35)28-14(5-12-1-3-13(31)4-2-12)21(37)27-8-18(34)26-10-20(36)29-15(11-30)22(38)39/h1-4,14-15,30-31H,5-11,23H2,(H,24,32)(H,25,33)(H,26,34)(H,27,37)(H,28,35)(H,29,36)(H,38,39)/t14-,15-/m0/s1. The third kappa shape index (κ3) is 13.4. The summed E-state index contributed by atoms with van der Waals surface area (Å²) in [5, 5.41) is 40.5. The molecule has 17 heteroatoms. The molecule has 0 spiro atoms. The van der Waals surface area contributed by atoms with Crippen LogP contribution in [-0.4, -0.2) is 108 Å². The molecule has 0 aliphatic heterocycles. The Morgan fingerprint density at radius 3 is 1.64 bits per heavy atom. The summed E-state index contributed by atoms with van der Waals surface area (Å²) in [5.41, 5.74) is 5.65. The molecule has 2 atom stereocenters. The van der Waals surface area contributed by atoms with Gasteiger partial charge in [0.15, 0.2) is 0 Å². The molecule has 0 bridgehead atoms. The van der Waals surface area contributed by atoms with Gasteiger partial charge >= 0.3 is 5.97 Å². The predicted molar refractivity (Wildman–Crippen MR) is 131 cm³/mol. The van der Waals surface area contributed by atoms with E-state index < -0.39 is 86.3 Å². The number of hydrogen-bond donors (Lipinski definition) is 10. The number of nitrogens with two attached hydrogens (primary N) is 1. The van der Waals surface area contributed by atoms with Crippen molar-refractivity contribution in [1.29, 1.82) is 0 Å². The number of carbonyl (C=O) groups is 7. The minimum absolute atomic E-state index is 0.0254. The Bertz CT molecular complexity index is 1050. The van der Waals surface area contributed by atoms with Crippen LogP contribution in [0.25, 0.3) is 0 Å². The van der Waals surface area contributed by atoms with Gasteiger partial charge < -0.3 is 53.0 Å². The highest BCUT2D eigenvalue weighted by Gasteiger charge is 2.23. The van der Waals surface area contributed by atoms with Crippen LogP contribution in [0.3, 0.4) is 0 Å². The number of carboxylic acid groups (broad SMARTS) is 1. The van der Waals surface area contributed by atoms with Gasteiger partial charge in [0.25, 0.3) is 0 Å². The Morgan fingerprint density at radius 2 is 1.15 bits per heavy atom. The molecule has 0 saturated heterocycles. The summed E-state index contributed by atoms with van der Waals surface area (Å²) in [6.45, 7) is -3.34. The van der Waals surface area contributed by atoms with E-state index in [4.69, 9.17) is 15.9 Å². The zero-order chi connectivity index (χ0) is 29.4. The van der Waals surface area contributed by atoms with E-state index in [1.165, 1.54) is 24.3 Å². The summed E-state index contributed by atoms with van der Waals surface area (Å²) in [4.78, 5) is 82.5. The second-order valence-corrected chi connectivity index (χ2v) is 7.88. The molecule has 0 heterocycles. The summed E-state index contributed by atoms with van der Waals surface area (Å²) in [5.74, 6) is -5.99. The Kier molecular flexibility index (Phi) is 14.0. The molecule has 0 saturated carbocycles. The number of aliphatic hydroxyl groups is 1. The number of phenolic OH excluding ortho intramolecular Hbond substituents is 1. The van der Waals surface area contributed by atoms with Crippen LogP contribution in [0.15, 0.2) is 24.3 Å². The van der Waals surface area contributed by atoms with Crippen molar-refractivity contribution >= 4 is 41.4 Å². The molecule has 11 N–H and O–H groups in total. The molecule has 0 aliphatic carbocycles. The van der Waals surface area contributed by atoms with Gasteiger partial charge in [-0.05, 0) is 17.7 Å². The van der Waals surface area contributed by atoms with Crippen molar-refractivity contribution in [2.24, 2.45) is 5.73 Å². The zero-order valence-corrected chi connectivity index (χ0v) is 20.7. The number of hydrogen-bond acceptors (Lipinski definition) is 10. The molecule has 0 aromatic heterocycles. The van der Waals surface area contributed by atoms with Crippen LogP contribution < -0.4 is 37.6 Å². The minimum Gasteiger partial charge on any atom is -0.508 e. The van der Waals surface area contributed by atoms with E-state index in [9.17, 15) is 38.7 Å². The van der Waals surface area contributed by atoms with E-state index >= 15 is 0 Å². The Morgan fingerprint density at radius 1 is 0.692 bits per heavy atom. The third-order valence-electron chi connectivity index (χ3n) is 4.79. The normalized spacial score (nSPS) is 11.7. The number of aliphatic hydroxyl groups excluding tert-OH is 1. The number of aromatic hydroxyl groups is 1. The van der Waals surface area contributed by atoms with Crippen LogP contribution >= 0.6 is 0 Å². The van der Waals surface area contributed by atoms with E-state index in [2.05, 4.69) is 26.6 Å². The first-order valence-electron chi connectivity index (χ1n) is 11.4. The fraction of sp³-hybridized carbons (Fsp3) is 0.409. The second-order valence-electron chi connectivity index (χ2n) is 7.88. The quantitative estimate of drug-likeness (QED) is 0.0921. The molecule has 0 fully saturated rings. The summed E-state index contributed by atoms with van der Waals surface area (Å²) in [6.07, 6.45) is -0.0554. The van der Waals surface area contributed by atoms with Crippen molar-refractivity contribution in [3.05, 3.63) is 29.8 Å². The molecule has 1 rings (SSSR count). The number of carbonyl (C=O) groups excluding carboxylic acids is 6. The van der Waals surface area contributed by atoms with Gasteiger partial charge in [0, 0.05) is 6.42 Å². The lowest BCUT2D eigenvalue weighted by Crippen LogP contribution is -2.53. The van der Waals surface area contributed by atoms with Crippen LogP contribution in [0, 0.1) is 0 Å². The van der Waals surface area contributed by atoms with E-state index in [-0.39, 0.29) is 18.7 Å². The van der Waals surface area contributed by atoms with Gasteiger partial charge in [-0.1, -0.05) is 12.1 Å². The number of phenols is 1. The number of benzene rings is 1. The molecule has 1 aromatic rings. The molecule has 0 radical (unpaired) electrons. The molecule has 6 amide bonds. The van der Waals surface area contributed by atoms with Crippen molar-refractivity contribution in [3.63, 3.8) is 0 Å². The third-order valence-corrected chi connectivity index (χ3v) is 4.79. The van der Waals surface area contributed by atoms with Gasteiger partial charge in [0.1, 0.15) is 17.8 Å². The van der Waals surface area contributed by atoms with Crippen molar-refractivity contribution in [2.75, 3.05) is 39.3 Å². The van der Waals surface area contributed by atoms with E-state index in [1.807, 2.05) is 5.32 Å². The monoisotopic (exact) mass is 553 g/mol. The van der Waals surface area contributed by atoms with E-state index in [0.717, 1.165) is 0 Å². The van der Waals surface area contributed by atoms with E-state index in [1.54, 1.807) is 0 Å². The van der Waals surface area contributed by atoms with E-state index in [0.29, 0.717) is 5.56 Å². The van der Waals surface area contributed by atoms with Crippen LogP contribution in [0.2, 0.25) is 0 Å². The molecule has 0 unspecified atom stereocenters. The molecule has 214 valence electrons. The Hall–Kier alpha value is -4.77. The average Bonchev–Trinajstić information content (AvgIpc) is 2.91. The summed E-state index contributed by atoms with van der Waals surface area (Å²) >= 11 is 0. The maximum absolute atomic E-state index is 12.7. The Balaban J connectivity index is 2.67. The summed E-state index contributed by atoms with van der Waals surface area (Å²) in [6, 6.07) is 2.98. The number of carboxylic acids is 1. The van der Waals surface area contributed by atoms with Crippen LogP contribution in [0.4, 0.5) is 0 Å². The maximum Gasteiger partial charge on any atom is 0.328 e. The molecule has 17 nitrogen and oxygen atoms in total. The van der Waals surface area contributed by atoms with Crippen molar-refractivity contribution in [1.82, 2.24) is 31.9 Å². The van der Waals surface area contributed by atoms with Crippen LogP contribution in [0.1, 0.15) is 5.56 Å². The zero-order valence-electron chi connectivity index (χ0n) is 20.7. The lowest BCUT2D eigenvalue weighted by molar-refractivity contribution is -0.142. The van der Waals surface area contributed by atoms with Crippen molar-refractivity contribution in [2.45, 2.75) is 18.5 Å². The van der Waals surface area contributed by atoms with Crippen molar-refractivity contribution < 1.29 is 48.9 Å². The number of amides is 6. The first kappa shape index (κ1) is 32.3. The molecular formula is C22H31N7O10. The van der Waals surface area contributed by atoms with Crippen molar-refractivity contribution in [3.8, 4) is 5.75 Å². The average molecular weight is 554 g/mol. The van der Waals surface area contributed by atoms with Crippen LogP contribution in [-0.2, 0) is 40.0 Å². The summed E-state index contributed by atoms with van der Waals surface area (Å²) < 4.78 is 0. The maximum atomic E-state index is 12.7. The highest BCUT2D eigenvalue weighted by atomic mass is 16.4. The van der Waals surface area contributed by atoms with Gasteiger partial charge in [-0.15, -0.1) is 0 Å². The summed E-state index contributed by atoms with van der Waals surface area (Å²) in [7, 11) is 0. The van der Waals surface area contributed by atoms with Gasteiger partial charge in [-0.2, -0.15) is 0 Å². The number of rotatable bonds is 16. The predicted octanol–water partition coefficient (Wildman–Crippen LogP) is -5.60. The number of nitrogens with one attached hydrogen (secondary N) is 6. The SMILES string of the molecule is NCC(=O)NCC(=O)NCC(=O)N[C@@H](Cc1ccc(O)cc1)C(=O)NCC(=O)NCC(=O)N[C@@H](CO)C(=O)O. The van der Waals surface area contributed by atoms with Gasteiger partial charge in [0.05, 0.1) is 39.3 Å². The fourth-order valence-electron chi connectivity index (χ4n) is 2.78. The Labute approximate surface area is 221 Å². The second kappa shape index (κ2) is 16.9. The molecule has 0 aliphatic rings. The lowest BCUT2D eigenvalue weighted by atomic mass is 10.0. The fourth-order valence-corrected chi connectivity index (χ4v) is 2.78. The number of aliphatic carboxylic acids is 1. The van der Waals surface area contributed by atoms with Gasteiger partial charge in [0.2, 0.25) is 35.4 Å².